The van der Waals surface area contributed by atoms with E-state index in [0.717, 1.165) is 31.1 Å². The minimum Gasteiger partial charge on any atom is -0.485 e. The van der Waals surface area contributed by atoms with Gasteiger partial charge in [0.05, 0.1) is 0 Å². The van der Waals surface area contributed by atoms with Crippen molar-refractivity contribution in [3.05, 3.63) is 30.3 Å². The summed E-state index contributed by atoms with van der Waals surface area (Å²) >= 11 is 1.41. The standard InChI is InChI=1S/C24H42O5SSi/c1-5-9-10-11-15-18-23(19-20-31(27-6-2,28-7-3)29-8-4)30-24(25)21-26-22-16-13-12-14-17-22/h12-14,16-17,23H,5-11,15,18-21H2,1-4H3. The largest absolute Gasteiger partial charge is 0.500 e. The molecular weight excluding hydrogens is 428 g/mol. The fraction of sp³-hybridized carbons (Fsp3) is 0.708. The van der Waals surface area contributed by atoms with Crippen molar-refractivity contribution >= 4 is 25.7 Å². The van der Waals surface area contributed by atoms with Gasteiger partial charge in [0.15, 0.2) is 6.61 Å². The van der Waals surface area contributed by atoms with Gasteiger partial charge in [-0.3, -0.25) is 4.79 Å². The highest BCUT2D eigenvalue weighted by Gasteiger charge is 2.40. The highest BCUT2D eigenvalue weighted by molar-refractivity contribution is 8.14. The molecule has 1 aromatic rings. The van der Waals surface area contributed by atoms with Crippen LogP contribution in [0.5, 0.6) is 5.75 Å². The molecule has 0 radical (unpaired) electrons. The molecule has 0 aromatic heterocycles. The first-order chi connectivity index (χ1) is 15.1. The van der Waals surface area contributed by atoms with Crippen molar-refractivity contribution in [2.45, 2.75) is 83.9 Å². The Kier molecular flexibility index (Phi) is 16.1. The fourth-order valence-electron chi connectivity index (χ4n) is 3.46. The van der Waals surface area contributed by atoms with Crippen LogP contribution in [0.4, 0.5) is 0 Å². The summed E-state index contributed by atoms with van der Waals surface area (Å²) in [4.78, 5) is 12.6. The van der Waals surface area contributed by atoms with Crippen molar-refractivity contribution in [2.75, 3.05) is 26.4 Å². The van der Waals surface area contributed by atoms with Gasteiger partial charge in [0, 0.05) is 31.1 Å². The number of ether oxygens (including phenoxy) is 1. The summed E-state index contributed by atoms with van der Waals surface area (Å²) in [6, 6.07) is 10.2. The highest BCUT2D eigenvalue weighted by atomic mass is 32.2. The van der Waals surface area contributed by atoms with E-state index in [1.165, 1.54) is 37.4 Å². The number of para-hydroxylation sites is 1. The molecule has 0 N–H and O–H groups in total. The first-order valence-corrected chi connectivity index (χ1v) is 14.7. The molecule has 31 heavy (non-hydrogen) atoms. The van der Waals surface area contributed by atoms with Crippen molar-refractivity contribution < 1.29 is 22.8 Å². The molecule has 0 amide bonds. The van der Waals surface area contributed by atoms with E-state index in [4.69, 9.17) is 18.0 Å². The number of carbonyl (C=O) groups excluding carboxylic acids is 1. The Morgan fingerprint density at radius 2 is 1.48 bits per heavy atom. The topological polar surface area (TPSA) is 54.0 Å². The summed E-state index contributed by atoms with van der Waals surface area (Å²) in [5.74, 6) is 0.725. The second kappa shape index (κ2) is 17.7. The number of hydrogen-bond acceptors (Lipinski definition) is 6. The van der Waals surface area contributed by atoms with Gasteiger partial charge in [-0.1, -0.05) is 69.0 Å². The van der Waals surface area contributed by atoms with Gasteiger partial charge in [0.1, 0.15) is 5.75 Å². The maximum atomic E-state index is 12.6. The van der Waals surface area contributed by atoms with E-state index >= 15 is 0 Å². The van der Waals surface area contributed by atoms with Crippen molar-refractivity contribution in [3.8, 4) is 5.75 Å². The molecule has 0 spiro atoms. The molecule has 5 nitrogen and oxygen atoms in total. The minimum atomic E-state index is -2.70. The summed E-state index contributed by atoms with van der Waals surface area (Å²) in [6.45, 7) is 9.97. The Labute approximate surface area is 194 Å². The zero-order valence-electron chi connectivity index (χ0n) is 19.9. The molecule has 178 valence electrons. The lowest BCUT2D eigenvalue weighted by atomic mass is 10.1. The number of unbranched alkanes of at least 4 members (excludes halogenated alkanes) is 4. The average molecular weight is 471 g/mol. The molecule has 1 unspecified atom stereocenters. The summed E-state index contributed by atoms with van der Waals surface area (Å²) < 4.78 is 23.7. The zero-order valence-corrected chi connectivity index (χ0v) is 21.7. The van der Waals surface area contributed by atoms with Crippen LogP contribution < -0.4 is 4.74 Å². The van der Waals surface area contributed by atoms with Gasteiger partial charge in [-0.05, 0) is 45.7 Å². The van der Waals surface area contributed by atoms with E-state index in [2.05, 4.69) is 6.92 Å². The predicted octanol–water partition coefficient (Wildman–Crippen LogP) is 6.49. The molecule has 0 bridgehead atoms. The lowest BCUT2D eigenvalue weighted by Crippen LogP contribution is -2.46. The van der Waals surface area contributed by atoms with E-state index in [0.29, 0.717) is 19.8 Å². The van der Waals surface area contributed by atoms with Gasteiger partial charge in [-0.25, -0.2) is 0 Å². The quantitative estimate of drug-likeness (QED) is 0.170. The Bertz CT molecular complexity index is 555. The molecule has 1 aromatic carbocycles. The number of benzene rings is 1. The smallest absolute Gasteiger partial charge is 0.485 e. The number of thioether (sulfide) groups is 1. The van der Waals surface area contributed by atoms with Crippen LogP contribution in [-0.4, -0.2) is 45.6 Å². The third-order valence-corrected chi connectivity index (χ3v) is 9.16. The van der Waals surface area contributed by atoms with E-state index in [9.17, 15) is 4.79 Å². The molecule has 1 rings (SSSR count). The average Bonchev–Trinajstić information content (AvgIpc) is 2.77. The summed E-state index contributed by atoms with van der Waals surface area (Å²) in [6.07, 6.45) is 7.98. The van der Waals surface area contributed by atoms with Crippen LogP contribution in [0.15, 0.2) is 30.3 Å². The first-order valence-electron chi connectivity index (χ1n) is 11.9. The predicted molar refractivity (Wildman–Crippen MR) is 132 cm³/mol. The maximum Gasteiger partial charge on any atom is 0.500 e. The van der Waals surface area contributed by atoms with Crippen LogP contribution in [0.1, 0.15) is 72.6 Å². The fourth-order valence-corrected chi connectivity index (χ4v) is 7.39. The molecule has 7 heteroatoms. The van der Waals surface area contributed by atoms with Gasteiger partial charge in [-0.2, -0.15) is 0 Å². The van der Waals surface area contributed by atoms with Crippen LogP contribution in [0.25, 0.3) is 0 Å². The Hall–Kier alpha value is -0.863. The SMILES string of the molecule is CCCCCCCC(CC[Si](OCC)(OCC)OCC)SC(=O)COc1ccccc1. The van der Waals surface area contributed by atoms with E-state index in [1.807, 2.05) is 51.1 Å². The molecule has 0 heterocycles. The van der Waals surface area contributed by atoms with Crippen molar-refractivity contribution in [1.82, 2.24) is 0 Å². The van der Waals surface area contributed by atoms with Crippen molar-refractivity contribution in [1.29, 1.82) is 0 Å². The summed E-state index contributed by atoms with van der Waals surface area (Å²) in [5.41, 5.74) is 0. The van der Waals surface area contributed by atoms with Crippen LogP contribution in [0, 0.1) is 0 Å². The maximum absolute atomic E-state index is 12.6. The second-order valence-electron chi connectivity index (χ2n) is 7.44. The van der Waals surface area contributed by atoms with E-state index < -0.39 is 8.80 Å². The van der Waals surface area contributed by atoms with Crippen LogP contribution in [-0.2, 0) is 18.1 Å². The molecule has 0 fully saturated rings. The minimum absolute atomic E-state index is 0.0684. The van der Waals surface area contributed by atoms with Gasteiger partial charge in [-0.15, -0.1) is 0 Å². The second-order valence-corrected chi connectivity index (χ2v) is 11.5. The van der Waals surface area contributed by atoms with Gasteiger partial charge in [0.25, 0.3) is 0 Å². The van der Waals surface area contributed by atoms with Crippen molar-refractivity contribution in [2.24, 2.45) is 0 Å². The molecule has 0 saturated heterocycles. The Morgan fingerprint density at radius 3 is 2.06 bits per heavy atom. The third kappa shape index (κ3) is 12.7. The van der Waals surface area contributed by atoms with Crippen LogP contribution in [0.2, 0.25) is 6.04 Å². The van der Waals surface area contributed by atoms with Crippen LogP contribution >= 0.6 is 11.8 Å². The molecule has 0 aliphatic rings. The number of hydrogen-bond donors (Lipinski definition) is 0. The first kappa shape index (κ1) is 28.2. The highest BCUT2D eigenvalue weighted by Crippen LogP contribution is 2.28. The lowest BCUT2D eigenvalue weighted by Gasteiger charge is -2.29. The normalized spacial score (nSPS) is 12.6. The molecule has 0 aliphatic carbocycles. The van der Waals surface area contributed by atoms with Crippen LogP contribution in [0.3, 0.4) is 0 Å². The number of carbonyl (C=O) groups is 1. The third-order valence-electron chi connectivity index (χ3n) is 4.89. The Morgan fingerprint density at radius 1 is 0.871 bits per heavy atom. The molecular formula is C24H42O5SSi. The van der Waals surface area contributed by atoms with Gasteiger partial charge in [0.2, 0.25) is 5.12 Å². The number of rotatable bonds is 19. The summed E-state index contributed by atoms with van der Waals surface area (Å²) in [7, 11) is -2.70. The lowest BCUT2D eigenvalue weighted by molar-refractivity contribution is -0.112. The zero-order chi connectivity index (χ0) is 22.8. The van der Waals surface area contributed by atoms with Crippen molar-refractivity contribution in [3.63, 3.8) is 0 Å². The molecule has 0 aliphatic heterocycles. The summed E-state index contributed by atoms with van der Waals surface area (Å²) in [5, 5.41) is 0.292. The van der Waals surface area contributed by atoms with E-state index in [-0.39, 0.29) is 17.0 Å². The molecule has 1 atom stereocenters. The monoisotopic (exact) mass is 470 g/mol. The Balaban J connectivity index is 2.66. The van der Waals surface area contributed by atoms with Gasteiger partial charge < -0.3 is 18.0 Å². The molecule has 0 saturated carbocycles. The van der Waals surface area contributed by atoms with E-state index in [1.54, 1.807) is 0 Å². The van der Waals surface area contributed by atoms with Gasteiger partial charge >= 0.3 is 8.80 Å².